The molecule has 0 aliphatic carbocycles. The summed E-state index contributed by atoms with van der Waals surface area (Å²) in [5.41, 5.74) is 2.89. The van der Waals surface area contributed by atoms with E-state index in [2.05, 4.69) is 36.1 Å². The summed E-state index contributed by atoms with van der Waals surface area (Å²) in [6.45, 7) is 8.79. The molecule has 0 amide bonds. The van der Waals surface area contributed by atoms with Crippen LogP contribution < -0.4 is 5.32 Å². The summed E-state index contributed by atoms with van der Waals surface area (Å²) >= 11 is 0. The molecule has 1 unspecified atom stereocenters. The highest BCUT2D eigenvalue weighted by atomic mass is 15.0. The van der Waals surface area contributed by atoms with E-state index in [-0.39, 0.29) is 0 Å². The van der Waals surface area contributed by atoms with Crippen molar-refractivity contribution in [3.05, 3.63) is 30.0 Å². The second-order valence-electron chi connectivity index (χ2n) is 6.02. The number of para-hydroxylation sites is 2. The molecule has 0 saturated heterocycles. The number of fused-ring (bicyclic) bond motifs is 1. The van der Waals surface area contributed by atoms with E-state index in [1.54, 1.807) is 0 Å². The van der Waals surface area contributed by atoms with Crippen molar-refractivity contribution in [1.82, 2.24) is 9.97 Å². The van der Waals surface area contributed by atoms with Gasteiger partial charge in [-0.1, -0.05) is 38.8 Å². The predicted octanol–water partition coefficient (Wildman–Crippen LogP) is 4.56. The first-order valence-electron chi connectivity index (χ1n) is 7.56. The third-order valence-electron chi connectivity index (χ3n) is 3.55. The smallest absolute Gasteiger partial charge is 0.148 e. The minimum Gasteiger partial charge on any atom is -0.366 e. The molecule has 1 aromatic heterocycles. The van der Waals surface area contributed by atoms with Crippen LogP contribution >= 0.6 is 0 Å². The molecule has 3 heteroatoms. The quantitative estimate of drug-likeness (QED) is 0.836. The van der Waals surface area contributed by atoms with E-state index >= 15 is 0 Å². The Bertz CT molecular complexity index is 563. The van der Waals surface area contributed by atoms with E-state index in [0.717, 1.165) is 28.5 Å². The van der Waals surface area contributed by atoms with Crippen molar-refractivity contribution in [2.24, 2.45) is 5.92 Å². The van der Waals surface area contributed by atoms with Gasteiger partial charge < -0.3 is 5.32 Å². The van der Waals surface area contributed by atoms with Gasteiger partial charge in [0.25, 0.3) is 0 Å². The maximum Gasteiger partial charge on any atom is 0.148 e. The van der Waals surface area contributed by atoms with E-state index in [1.807, 2.05) is 31.2 Å². The molecule has 108 valence electrons. The molecular weight excluding hydrogens is 246 g/mol. The monoisotopic (exact) mass is 271 g/mol. The maximum absolute atomic E-state index is 4.68. The zero-order chi connectivity index (χ0) is 14.5. The van der Waals surface area contributed by atoms with Gasteiger partial charge in [-0.05, 0) is 38.3 Å². The van der Waals surface area contributed by atoms with Crippen LogP contribution in [0.2, 0.25) is 0 Å². The molecule has 0 bridgehead atoms. The average molecular weight is 271 g/mol. The topological polar surface area (TPSA) is 37.8 Å². The van der Waals surface area contributed by atoms with E-state index < -0.39 is 0 Å². The highest BCUT2D eigenvalue weighted by molar-refractivity contribution is 5.76. The van der Waals surface area contributed by atoms with Gasteiger partial charge in [-0.2, -0.15) is 0 Å². The molecule has 0 radical (unpaired) electrons. The van der Waals surface area contributed by atoms with Crippen molar-refractivity contribution in [2.45, 2.75) is 53.0 Å². The SMILES string of the molecule is Cc1nc2ccccc2nc1NC(C)CCCC(C)C. The van der Waals surface area contributed by atoms with E-state index in [0.29, 0.717) is 6.04 Å². The van der Waals surface area contributed by atoms with Gasteiger partial charge in [0.15, 0.2) is 0 Å². The van der Waals surface area contributed by atoms with Gasteiger partial charge in [0.1, 0.15) is 5.82 Å². The lowest BCUT2D eigenvalue weighted by molar-refractivity contribution is 0.520. The number of anilines is 1. The Morgan fingerprint density at radius 2 is 1.65 bits per heavy atom. The average Bonchev–Trinajstić information content (AvgIpc) is 2.39. The van der Waals surface area contributed by atoms with Gasteiger partial charge in [0, 0.05) is 6.04 Å². The van der Waals surface area contributed by atoms with Crippen LogP contribution in [0, 0.1) is 12.8 Å². The summed E-state index contributed by atoms with van der Waals surface area (Å²) in [5.74, 6) is 1.70. The molecule has 1 aromatic carbocycles. The van der Waals surface area contributed by atoms with Crippen LogP contribution in [-0.4, -0.2) is 16.0 Å². The molecule has 2 rings (SSSR count). The lowest BCUT2D eigenvalue weighted by atomic mass is 10.0. The van der Waals surface area contributed by atoms with Gasteiger partial charge in [-0.3, -0.25) is 0 Å². The first kappa shape index (κ1) is 14.8. The second kappa shape index (κ2) is 6.69. The number of nitrogens with zero attached hydrogens (tertiary/aromatic N) is 2. The Hall–Kier alpha value is -1.64. The van der Waals surface area contributed by atoms with Gasteiger partial charge in [0.2, 0.25) is 0 Å². The summed E-state index contributed by atoms with van der Waals surface area (Å²) in [5, 5.41) is 3.50. The van der Waals surface area contributed by atoms with Gasteiger partial charge in [-0.15, -0.1) is 0 Å². The lowest BCUT2D eigenvalue weighted by Gasteiger charge is -2.16. The number of benzene rings is 1. The first-order valence-corrected chi connectivity index (χ1v) is 7.56. The molecule has 1 heterocycles. The van der Waals surface area contributed by atoms with Crippen molar-refractivity contribution in [3.8, 4) is 0 Å². The first-order chi connectivity index (χ1) is 9.56. The Morgan fingerprint density at radius 3 is 2.30 bits per heavy atom. The number of hydrogen-bond donors (Lipinski definition) is 1. The molecule has 3 nitrogen and oxygen atoms in total. The predicted molar refractivity (Wildman–Crippen MR) is 86.0 cm³/mol. The molecule has 0 aliphatic rings. The highest BCUT2D eigenvalue weighted by Crippen LogP contribution is 2.18. The Kier molecular flexibility index (Phi) is 4.94. The molecule has 20 heavy (non-hydrogen) atoms. The molecule has 0 spiro atoms. The van der Waals surface area contributed by atoms with Crippen LogP contribution in [0.4, 0.5) is 5.82 Å². The largest absolute Gasteiger partial charge is 0.366 e. The standard InChI is InChI=1S/C17H25N3/c1-12(2)8-7-9-13(3)18-17-14(4)19-15-10-5-6-11-16(15)20-17/h5-6,10-13H,7-9H2,1-4H3,(H,18,20). The summed E-state index contributed by atoms with van der Waals surface area (Å²) in [6.07, 6.45) is 3.71. The number of aromatic nitrogens is 2. The maximum atomic E-state index is 4.68. The van der Waals surface area contributed by atoms with Gasteiger partial charge in [0.05, 0.1) is 16.7 Å². The van der Waals surface area contributed by atoms with E-state index in [1.165, 1.54) is 19.3 Å². The van der Waals surface area contributed by atoms with Crippen molar-refractivity contribution in [1.29, 1.82) is 0 Å². The zero-order valence-corrected chi connectivity index (χ0v) is 13.0. The number of hydrogen-bond acceptors (Lipinski definition) is 3. The van der Waals surface area contributed by atoms with Gasteiger partial charge >= 0.3 is 0 Å². The van der Waals surface area contributed by atoms with Crippen molar-refractivity contribution in [2.75, 3.05) is 5.32 Å². The summed E-state index contributed by atoms with van der Waals surface area (Å²) in [4.78, 5) is 9.30. The number of nitrogens with one attached hydrogen (secondary N) is 1. The third kappa shape index (κ3) is 3.92. The van der Waals surface area contributed by atoms with Gasteiger partial charge in [-0.25, -0.2) is 9.97 Å². The van der Waals surface area contributed by atoms with Crippen LogP contribution in [0.1, 0.15) is 45.7 Å². The third-order valence-corrected chi connectivity index (χ3v) is 3.55. The van der Waals surface area contributed by atoms with Crippen LogP contribution in [0.25, 0.3) is 11.0 Å². The van der Waals surface area contributed by atoms with Crippen LogP contribution in [-0.2, 0) is 0 Å². The molecular formula is C17H25N3. The highest BCUT2D eigenvalue weighted by Gasteiger charge is 2.08. The molecule has 0 saturated carbocycles. The molecule has 0 aliphatic heterocycles. The normalized spacial score (nSPS) is 12.8. The fraction of sp³-hybridized carbons (Fsp3) is 0.529. The van der Waals surface area contributed by atoms with Crippen LogP contribution in [0.5, 0.6) is 0 Å². The summed E-state index contributed by atoms with van der Waals surface area (Å²) in [7, 11) is 0. The van der Waals surface area contributed by atoms with Crippen LogP contribution in [0.3, 0.4) is 0 Å². The summed E-state index contributed by atoms with van der Waals surface area (Å²) < 4.78 is 0. The molecule has 2 aromatic rings. The molecule has 1 atom stereocenters. The fourth-order valence-electron chi connectivity index (χ4n) is 2.36. The van der Waals surface area contributed by atoms with Crippen molar-refractivity contribution >= 4 is 16.9 Å². The minimum absolute atomic E-state index is 0.433. The Balaban J connectivity index is 2.03. The zero-order valence-electron chi connectivity index (χ0n) is 13.0. The number of aryl methyl sites for hydroxylation is 1. The summed E-state index contributed by atoms with van der Waals surface area (Å²) in [6, 6.07) is 8.45. The second-order valence-corrected chi connectivity index (χ2v) is 6.02. The van der Waals surface area contributed by atoms with Crippen molar-refractivity contribution < 1.29 is 0 Å². The molecule has 0 fully saturated rings. The van der Waals surface area contributed by atoms with E-state index in [9.17, 15) is 0 Å². The Morgan fingerprint density at radius 1 is 1.00 bits per heavy atom. The van der Waals surface area contributed by atoms with E-state index in [4.69, 9.17) is 0 Å². The molecule has 1 N–H and O–H groups in total. The Labute approximate surface area is 121 Å². The number of rotatable bonds is 6. The van der Waals surface area contributed by atoms with Crippen molar-refractivity contribution in [3.63, 3.8) is 0 Å². The van der Waals surface area contributed by atoms with Crippen LogP contribution in [0.15, 0.2) is 24.3 Å². The fourth-order valence-corrected chi connectivity index (χ4v) is 2.36. The lowest BCUT2D eigenvalue weighted by Crippen LogP contribution is -2.17. The minimum atomic E-state index is 0.433.